The van der Waals surface area contributed by atoms with Gasteiger partial charge in [0.2, 0.25) is 5.95 Å². The second-order valence-corrected chi connectivity index (χ2v) is 22.5. The highest BCUT2D eigenvalue weighted by Gasteiger charge is 2.46. The lowest BCUT2D eigenvalue weighted by Crippen LogP contribution is -2.44. The normalized spacial score (nSPS) is 16.1. The smallest absolute Gasteiger partial charge is 0.343 e. The fraction of sp³-hybridized carbons (Fsp3) is 0.344. The number of aryl methyl sites for hydroxylation is 3. The summed E-state index contributed by atoms with van der Waals surface area (Å²) < 4.78 is 28.6. The highest BCUT2D eigenvalue weighted by Crippen LogP contribution is 2.45. The zero-order chi connectivity index (χ0) is 60.2. The minimum Gasteiger partial charge on any atom is -0.496 e. The predicted molar refractivity (Wildman–Crippen MR) is 319 cm³/mol. The number of carbonyl (C=O) groups is 2. The number of nitrogens with two attached hydrogens (primary N) is 3. The molecule has 3 aromatic carbocycles. The van der Waals surface area contributed by atoms with E-state index in [0.29, 0.717) is 99.8 Å². The third kappa shape index (κ3) is 10.6. The summed E-state index contributed by atoms with van der Waals surface area (Å²) in [6, 6.07) is 14.9. The van der Waals surface area contributed by atoms with Crippen molar-refractivity contribution in [2.75, 3.05) is 25.9 Å². The van der Waals surface area contributed by atoms with Crippen molar-refractivity contribution in [1.82, 2.24) is 48.9 Å². The molecule has 0 radical (unpaired) electrons. The summed E-state index contributed by atoms with van der Waals surface area (Å²) in [6.07, 6.45) is 5.52. The van der Waals surface area contributed by atoms with Crippen LogP contribution < -0.4 is 33.1 Å². The fourth-order valence-electron chi connectivity index (χ4n) is 11.6. The number of anilines is 1. The number of rotatable bonds is 11. The Morgan fingerprint density at radius 3 is 2.43 bits per heavy atom. The minimum absolute atomic E-state index is 0.0111. The number of fused-ring (bicyclic) bond motifs is 7. The molecule has 3 aliphatic rings. The predicted octanol–water partition coefficient (Wildman–Crippen LogP) is 8.68. The van der Waals surface area contributed by atoms with Gasteiger partial charge in [0.1, 0.15) is 29.5 Å². The highest BCUT2D eigenvalue weighted by molar-refractivity contribution is 6.33. The van der Waals surface area contributed by atoms with Gasteiger partial charge >= 0.3 is 5.97 Å². The molecule has 23 heteroatoms. The van der Waals surface area contributed by atoms with Gasteiger partial charge < -0.3 is 50.8 Å². The van der Waals surface area contributed by atoms with Gasteiger partial charge in [-0.25, -0.2) is 24.1 Å². The summed E-state index contributed by atoms with van der Waals surface area (Å²) in [5.41, 5.74) is 27.0. The number of amides is 1. The molecule has 0 spiro atoms. The zero-order valence-corrected chi connectivity index (χ0v) is 49.2. The van der Waals surface area contributed by atoms with Crippen LogP contribution in [0, 0.1) is 39.4 Å². The second-order valence-electron chi connectivity index (χ2n) is 21.7. The van der Waals surface area contributed by atoms with Crippen molar-refractivity contribution in [2.24, 2.45) is 17.4 Å². The van der Waals surface area contributed by atoms with Gasteiger partial charge in [0.25, 0.3) is 17.0 Å². The van der Waals surface area contributed by atoms with Crippen LogP contribution >= 0.6 is 23.2 Å². The summed E-state index contributed by atoms with van der Waals surface area (Å²) in [7, 11) is 1.65. The van der Waals surface area contributed by atoms with Crippen LogP contribution in [0.25, 0.3) is 44.4 Å². The first-order valence-electron chi connectivity index (χ1n) is 27.6. The summed E-state index contributed by atoms with van der Waals surface area (Å²) >= 11 is 12.1. The lowest BCUT2D eigenvalue weighted by atomic mass is 9.82. The van der Waals surface area contributed by atoms with E-state index in [-0.39, 0.29) is 76.6 Å². The number of pyridine rings is 3. The molecule has 0 unspecified atom stereocenters. The standard InChI is InChI=1S/C24H22FN3O4.C23H27ClN4O2.C14H15ClN6O/c1-3-24(31)14-6-18-21-12(8-28(18)22(29)13(14)9-32-23(24)30)19-16(26)5-4-11-10(2)15(25)7-17(27-21)20(11)19;1-14(2)20(21-26-19-13-17(24)9-10-18(19)22(29)27-21)28(12-4-11-25)23(30)16-7-5-15(3)6-8-16;1-7-4-17-9(8(2)11(7)22-3)5-21-6-18-10-12(15)19-14(16)20-13(10)21/h6-7,16,31H,3-5,8-9,26H2,1-2H3;5-10,13-14,20H,4,11-12,25H2,1-3H3,(H,26,27,29);4,6H,5H2,1-3H3,(H2,16,19,20)/t16-,24-;20-;/m01./s1. The highest BCUT2D eigenvalue weighted by atomic mass is 35.5. The Labute approximate surface area is 492 Å². The molecule has 0 saturated heterocycles. The zero-order valence-electron chi connectivity index (χ0n) is 47.7. The first kappa shape index (κ1) is 59.0. The molecule has 2 aliphatic heterocycles. The first-order valence-corrected chi connectivity index (χ1v) is 28.3. The number of H-pyrrole nitrogens is 1. The number of aromatic amines is 1. The van der Waals surface area contributed by atoms with Gasteiger partial charge in [-0.05, 0) is 119 Å². The molecule has 1 amide bonds. The number of nitrogen functional groups attached to an aromatic ring is 1. The van der Waals surface area contributed by atoms with E-state index < -0.39 is 17.6 Å². The quantitative estimate of drug-likeness (QED) is 0.0598. The van der Waals surface area contributed by atoms with Crippen LogP contribution in [0.4, 0.5) is 10.3 Å². The number of aromatic nitrogens is 9. The van der Waals surface area contributed by atoms with Gasteiger partial charge in [0.05, 0.1) is 71.6 Å². The number of carbonyl (C=O) groups excluding carboxylic acids is 2. The third-order valence-electron chi connectivity index (χ3n) is 16.0. The molecule has 1 aliphatic carbocycles. The van der Waals surface area contributed by atoms with Crippen LogP contribution in [0.15, 0.2) is 76.7 Å². The Hall–Kier alpha value is -8.21. The van der Waals surface area contributed by atoms with Crippen LogP contribution in [0.3, 0.4) is 0 Å². The molecule has 0 saturated carbocycles. The van der Waals surface area contributed by atoms with Crippen molar-refractivity contribution in [2.45, 2.75) is 112 Å². The number of hydrogen-bond donors (Lipinski definition) is 5. The number of imidazole rings is 1. The summed E-state index contributed by atoms with van der Waals surface area (Å²) in [5, 5.41) is 13.1. The third-order valence-corrected chi connectivity index (χ3v) is 16.5. The number of methoxy groups -OCH3 is 1. The Morgan fingerprint density at radius 2 is 1.73 bits per heavy atom. The molecule has 84 heavy (non-hydrogen) atoms. The van der Waals surface area contributed by atoms with Crippen molar-refractivity contribution in [3.05, 3.63) is 171 Å². The molecule has 8 N–H and O–H groups in total. The van der Waals surface area contributed by atoms with Crippen molar-refractivity contribution in [1.29, 1.82) is 0 Å². The van der Waals surface area contributed by atoms with Crippen molar-refractivity contribution < 1.29 is 28.6 Å². The van der Waals surface area contributed by atoms with E-state index in [2.05, 4.69) is 29.9 Å². The van der Waals surface area contributed by atoms with E-state index >= 15 is 0 Å². The number of halogens is 3. The maximum Gasteiger partial charge on any atom is 0.343 e. The molecular weight excluding hydrogens is 1120 g/mol. The van der Waals surface area contributed by atoms with Crippen molar-refractivity contribution >= 4 is 74.0 Å². The van der Waals surface area contributed by atoms with Crippen molar-refractivity contribution in [3.63, 3.8) is 0 Å². The molecule has 9 aromatic rings. The molecule has 8 heterocycles. The van der Waals surface area contributed by atoms with E-state index in [4.69, 9.17) is 54.9 Å². The number of nitrogens with one attached hydrogen (secondary N) is 1. The molecule has 3 atom stereocenters. The summed E-state index contributed by atoms with van der Waals surface area (Å²) in [5.74, 6) is 0.216. The SMILES string of the molecule is CC[C@@]1(O)C(=O)OCc2c1cc1n(c2=O)Cc2c-1nc1cc(F)c(C)c3c1c2[C@@H](N)CC3.COc1c(C)cnc(Cn2cnc3c(Cl)nc(N)nc32)c1C.Cc1ccc(C(=O)N(CCCN)[C@@H](c2nc3cc(Cl)ccc3c(=O)[nH]2)C(C)C)cc1. The lowest BCUT2D eigenvalue weighted by molar-refractivity contribution is -0.172. The molecule has 0 fully saturated rings. The number of esters is 1. The average molecular weight is 1180 g/mol. The monoisotopic (exact) mass is 1180 g/mol. The van der Waals surface area contributed by atoms with E-state index in [1.165, 1.54) is 6.07 Å². The van der Waals surface area contributed by atoms with Gasteiger partial charge in [-0.3, -0.25) is 19.4 Å². The van der Waals surface area contributed by atoms with E-state index in [9.17, 15) is 28.7 Å². The molecular formula is C61H64Cl2FN13O7. The maximum atomic E-state index is 14.7. The molecule has 6 aromatic heterocycles. The van der Waals surface area contributed by atoms with Crippen LogP contribution in [0.1, 0.15) is 124 Å². The number of benzene rings is 3. The topological polar surface area (TPSA) is 291 Å². The van der Waals surface area contributed by atoms with Crippen molar-refractivity contribution in [3.8, 4) is 17.1 Å². The second kappa shape index (κ2) is 23.4. The van der Waals surface area contributed by atoms with Crippen LogP contribution in [0.2, 0.25) is 10.2 Å². The van der Waals surface area contributed by atoms with Gasteiger partial charge in [-0.1, -0.05) is 61.7 Å². The van der Waals surface area contributed by atoms with E-state index in [1.807, 2.05) is 63.5 Å². The molecule has 20 nitrogen and oxygen atoms in total. The number of hydrogen-bond acceptors (Lipinski definition) is 16. The van der Waals surface area contributed by atoms with Gasteiger partial charge in [-0.2, -0.15) is 9.97 Å². The van der Waals surface area contributed by atoms with Gasteiger partial charge in [0.15, 0.2) is 16.4 Å². The minimum atomic E-state index is -1.89. The van der Waals surface area contributed by atoms with E-state index in [1.54, 1.807) is 67.2 Å². The first-order chi connectivity index (χ1) is 40.1. The van der Waals surface area contributed by atoms with Gasteiger partial charge in [-0.15, -0.1) is 0 Å². The number of aliphatic hydroxyl groups is 1. The number of ether oxygens (including phenoxy) is 2. The van der Waals surface area contributed by atoms with Crippen LogP contribution in [-0.2, 0) is 41.2 Å². The maximum absolute atomic E-state index is 14.7. The Bertz CT molecular complexity index is 4250. The van der Waals surface area contributed by atoms with Crippen LogP contribution in [0.5, 0.6) is 5.75 Å². The van der Waals surface area contributed by atoms with Crippen LogP contribution in [-0.4, -0.2) is 86.1 Å². The largest absolute Gasteiger partial charge is 0.496 e. The molecule has 0 bridgehead atoms. The molecule has 12 rings (SSSR count). The Kier molecular flexibility index (Phi) is 16.5. The average Bonchev–Trinajstić information content (AvgIpc) is 1.56. The van der Waals surface area contributed by atoms with E-state index in [0.717, 1.165) is 50.2 Å². The Morgan fingerprint density at radius 1 is 0.976 bits per heavy atom. The van der Waals surface area contributed by atoms with Gasteiger partial charge in [0, 0.05) is 63.1 Å². The summed E-state index contributed by atoms with van der Waals surface area (Å²) in [6.45, 7) is 14.9. The number of nitrogens with zero attached hydrogens (tertiary/aromatic N) is 9. The Balaban J connectivity index is 0.000000143. The lowest BCUT2D eigenvalue weighted by Gasteiger charge is -2.34. The fourth-order valence-corrected chi connectivity index (χ4v) is 12.0. The molecule has 436 valence electrons. The number of cyclic esters (lactones) is 1. The summed E-state index contributed by atoms with van der Waals surface area (Å²) in [4.78, 5) is 82.8.